The summed E-state index contributed by atoms with van der Waals surface area (Å²) >= 11 is 0. The Morgan fingerprint density at radius 3 is 2.63 bits per heavy atom. The largest absolute Gasteiger partial charge is 0.354 e. The number of likely N-dealkylation sites (tertiary alicyclic amines) is 1. The number of hydrogen-bond acceptors (Lipinski definition) is 4. The van der Waals surface area contributed by atoms with Crippen LogP contribution in [0.15, 0.2) is 12.4 Å². The molecule has 1 aromatic rings. The number of nitrogens with zero attached hydrogens (tertiary/aromatic N) is 3. The molecule has 1 saturated heterocycles. The Bertz CT molecular complexity index is 677. The number of hydrogen-bond donors (Lipinski definition) is 2. The summed E-state index contributed by atoms with van der Waals surface area (Å²) in [5.74, 6) is 1.17. The first kappa shape index (κ1) is 19.7. The zero-order chi connectivity index (χ0) is 19.6. The van der Waals surface area contributed by atoms with Gasteiger partial charge in [0, 0.05) is 50.9 Å². The molecule has 1 fully saturated rings. The van der Waals surface area contributed by atoms with Crippen molar-refractivity contribution in [2.24, 2.45) is 5.92 Å². The van der Waals surface area contributed by atoms with Gasteiger partial charge in [-0.15, -0.1) is 0 Å². The lowest BCUT2D eigenvalue weighted by atomic mass is 9.88. The second-order valence-electron chi connectivity index (χ2n) is 8.23. The minimum Gasteiger partial charge on any atom is -0.354 e. The van der Waals surface area contributed by atoms with Gasteiger partial charge >= 0.3 is 6.03 Å². The van der Waals surface area contributed by atoms with Gasteiger partial charge in [-0.1, -0.05) is 13.8 Å². The first-order valence-corrected chi connectivity index (χ1v) is 9.83. The molecule has 0 radical (unpaired) electrons. The number of amides is 3. The summed E-state index contributed by atoms with van der Waals surface area (Å²) in [6.07, 6.45) is 4.38. The Hall–Kier alpha value is -2.09. The molecule has 0 unspecified atom stereocenters. The zero-order valence-corrected chi connectivity index (χ0v) is 16.7. The first-order valence-electron chi connectivity index (χ1n) is 9.83. The van der Waals surface area contributed by atoms with Gasteiger partial charge in [-0.3, -0.25) is 4.79 Å². The molecule has 27 heavy (non-hydrogen) atoms. The van der Waals surface area contributed by atoms with Crippen molar-refractivity contribution in [3.8, 4) is 0 Å². The summed E-state index contributed by atoms with van der Waals surface area (Å²) in [6, 6.07) is 0.0532. The molecule has 8 heteroatoms. The highest BCUT2D eigenvalue weighted by Gasteiger charge is 2.47. The van der Waals surface area contributed by atoms with Crippen LogP contribution >= 0.6 is 0 Å². The topological polar surface area (TPSA) is 88.5 Å². The van der Waals surface area contributed by atoms with Gasteiger partial charge < -0.3 is 24.8 Å². The van der Waals surface area contributed by atoms with Crippen LogP contribution in [-0.4, -0.2) is 58.2 Å². The molecule has 2 N–H and O–H groups in total. The van der Waals surface area contributed by atoms with E-state index in [9.17, 15) is 9.59 Å². The molecule has 3 amide bonds. The summed E-state index contributed by atoms with van der Waals surface area (Å²) in [5.41, 5.74) is -0.615. The molecule has 150 valence electrons. The summed E-state index contributed by atoms with van der Waals surface area (Å²) in [5, 5.41) is 5.91. The SMILES string of the molecule is CC(C)CNC(=O)[C@H]1Cn2ccnc2C2(CCN(C(=O)NC(C)C)CC2)O1. The Labute approximate surface area is 160 Å². The maximum atomic E-state index is 12.6. The van der Waals surface area contributed by atoms with Crippen molar-refractivity contribution in [3.63, 3.8) is 0 Å². The van der Waals surface area contributed by atoms with Crippen molar-refractivity contribution < 1.29 is 14.3 Å². The Morgan fingerprint density at radius 2 is 2.00 bits per heavy atom. The number of urea groups is 1. The van der Waals surface area contributed by atoms with Crippen LogP contribution in [0, 0.1) is 5.92 Å². The minimum absolute atomic E-state index is 0.0507. The standard InChI is InChI=1S/C19H31N5O3/c1-13(2)11-21-16(25)15-12-24-10-7-20-17(24)19(27-15)5-8-23(9-6-19)18(26)22-14(3)4/h7,10,13-15H,5-6,8-9,11-12H2,1-4H3,(H,21,25)(H,22,26)/t15-/m1/s1. The summed E-state index contributed by atoms with van der Waals surface area (Å²) < 4.78 is 8.37. The predicted octanol–water partition coefficient (Wildman–Crippen LogP) is 1.46. The van der Waals surface area contributed by atoms with Crippen molar-refractivity contribution in [3.05, 3.63) is 18.2 Å². The van der Waals surface area contributed by atoms with Crippen LogP contribution in [0.25, 0.3) is 0 Å². The third-order valence-corrected chi connectivity index (χ3v) is 5.10. The number of carbonyl (C=O) groups excluding carboxylic acids is 2. The molecule has 2 aliphatic rings. The fourth-order valence-electron chi connectivity index (χ4n) is 3.70. The maximum absolute atomic E-state index is 12.6. The van der Waals surface area contributed by atoms with Gasteiger partial charge in [-0.2, -0.15) is 0 Å². The normalized spacial score (nSPS) is 21.4. The summed E-state index contributed by atoms with van der Waals surface area (Å²) in [4.78, 5) is 31.2. The molecule has 0 aliphatic carbocycles. The lowest BCUT2D eigenvalue weighted by molar-refractivity contribution is -0.171. The number of fused-ring (bicyclic) bond motifs is 2. The van der Waals surface area contributed by atoms with Gasteiger partial charge in [0.15, 0.2) is 6.10 Å². The minimum atomic E-state index is -0.615. The first-order chi connectivity index (χ1) is 12.8. The van der Waals surface area contributed by atoms with Crippen molar-refractivity contribution in [2.75, 3.05) is 19.6 Å². The van der Waals surface area contributed by atoms with Crippen molar-refractivity contribution in [1.82, 2.24) is 25.1 Å². The van der Waals surface area contributed by atoms with Crippen molar-refractivity contribution in [2.45, 2.75) is 64.8 Å². The predicted molar refractivity (Wildman–Crippen MR) is 101 cm³/mol. The molecule has 3 rings (SSSR count). The zero-order valence-electron chi connectivity index (χ0n) is 16.7. The molecule has 8 nitrogen and oxygen atoms in total. The van der Waals surface area contributed by atoms with Crippen LogP contribution in [0.5, 0.6) is 0 Å². The third kappa shape index (κ3) is 4.26. The van der Waals surface area contributed by atoms with Crippen LogP contribution in [0.2, 0.25) is 0 Å². The van der Waals surface area contributed by atoms with Gasteiger partial charge in [0.25, 0.3) is 5.91 Å². The molecule has 3 heterocycles. The average Bonchev–Trinajstić information content (AvgIpc) is 3.09. The van der Waals surface area contributed by atoms with E-state index >= 15 is 0 Å². The number of nitrogens with one attached hydrogen (secondary N) is 2. The van der Waals surface area contributed by atoms with E-state index in [0.29, 0.717) is 44.9 Å². The lowest BCUT2D eigenvalue weighted by Crippen LogP contribution is -2.56. The average molecular weight is 377 g/mol. The van der Waals surface area contributed by atoms with E-state index in [0.717, 1.165) is 5.82 Å². The van der Waals surface area contributed by atoms with Gasteiger partial charge in [-0.25, -0.2) is 9.78 Å². The van der Waals surface area contributed by atoms with E-state index in [1.54, 1.807) is 6.20 Å². The molecule has 1 aromatic heterocycles. The quantitative estimate of drug-likeness (QED) is 0.832. The van der Waals surface area contributed by atoms with E-state index in [-0.39, 0.29) is 18.0 Å². The van der Waals surface area contributed by atoms with E-state index in [2.05, 4.69) is 29.5 Å². The van der Waals surface area contributed by atoms with Crippen LogP contribution in [0.3, 0.4) is 0 Å². The number of aromatic nitrogens is 2. The third-order valence-electron chi connectivity index (χ3n) is 5.10. The number of piperidine rings is 1. The number of carbonyl (C=O) groups is 2. The van der Waals surface area contributed by atoms with Crippen LogP contribution in [0.4, 0.5) is 4.79 Å². The molecule has 2 aliphatic heterocycles. The smallest absolute Gasteiger partial charge is 0.317 e. The molecular formula is C19H31N5O3. The lowest BCUT2D eigenvalue weighted by Gasteiger charge is -2.45. The molecule has 0 saturated carbocycles. The fourth-order valence-corrected chi connectivity index (χ4v) is 3.70. The van der Waals surface area contributed by atoms with Crippen molar-refractivity contribution >= 4 is 11.9 Å². The second-order valence-corrected chi connectivity index (χ2v) is 8.23. The highest BCUT2D eigenvalue weighted by Crippen LogP contribution is 2.40. The molecular weight excluding hydrogens is 346 g/mol. The fraction of sp³-hybridized carbons (Fsp3) is 0.737. The molecule has 0 aromatic carbocycles. The Balaban J connectivity index is 1.71. The van der Waals surface area contributed by atoms with E-state index in [4.69, 9.17) is 4.74 Å². The highest BCUT2D eigenvalue weighted by molar-refractivity contribution is 5.81. The van der Waals surface area contributed by atoms with Crippen LogP contribution in [-0.2, 0) is 21.7 Å². The van der Waals surface area contributed by atoms with Gasteiger partial charge in [0.2, 0.25) is 0 Å². The Morgan fingerprint density at radius 1 is 1.30 bits per heavy atom. The monoisotopic (exact) mass is 377 g/mol. The molecule has 1 atom stereocenters. The van der Waals surface area contributed by atoms with E-state index in [1.165, 1.54) is 0 Å². The number of imidazole rings is 1. The van der Waals surface area contributed by atoms with Gasteiger partial charge in [0.05, 0.1) is 6.54 Å². The van der Waals surface area contributed by atoms with Gasteiger partial charge in [-0.05, 0) is 19.8 Å². The molecule has 1 spiro atoms. The number of ether oxygens (including phenoxy) is 1. The van der Waals surface area contributed by atoms with Crippen LogP contribution < -0.4 is 10.6 Å². The molecule has 0 bridgehead atoms. The van der Waals surface area contributed by atoms with Crippen molar-refractivity contribution in [1.29, 1.82) is 0 Å². The summed E-state index contributed by atoms with van der Waals surface area (Å²) in [7, 11) is 0. The van der Waals surface area contributed by atoms with Gasteiger partial charge in [0.1, 0.15) is 11.4 Å². The second kappa shape index (κ2) is 7.88. The maximum Gasteiger partial charge on any atom is 0.317 e. The highest BCUT2D eigenvalue weighted by atomic mass is 16.5. The van der Waals surface area contributed by atoms with E-state index in [1.807, 2.05) is 29.5 Å². The number of rotatable bonds is 4. The Kier molecular flexibility index (Phi) is 5.74. The summed E-state index contributed by atoms with van der Waals surface area (Å²) in [6.45, 7) is 10.3. The van der Waals surface area contributed by atoms with Crippen LogP contribution in [0.1, 0.15) is 46.4 Å². The van der Waals surface area contributed by atoms with E-state index < -0.39 is 11.7 Å².